The van der Waals surface area contributed by atoms with Crippen molar-refractivity contribution in [3.05, 3.63) is 110 Å². The second-order valence-electron chi connectivity index (χ2n) is 8.69. The van der Waals surface area contributed by atoms with Crippen LogP contribution in [0.1, 0.15) is 35.7 Å². The summed E-state index contributed by atoms with van der Waals surface area (Å²) in [6, 6.07) is 19.8. The molecule has 9 nitrogen and oxygen atoms in total. The molecule has 2 atom stereocenters. The zero-order valence-corrected chi connectivity index (χ0v) is 21.3. The lowest BCUT2D eigenvalue weighted by Gasteiger charge is -2.18. The summed E-state index contributed by atoms with van der Waals surface area (Å²) in [5.41, 5.74) is 8.44. The van der Waals surface area contributed by atoms with Crippen molar-refractivity contribution in [2.45, 2.75) is 25.4 Å². The van der Waals surface area contributed by atoms with Crippen molar-refractivity contribution in [1.82, 2.24) is 19.3 Å². The number of pyridine rings is 1. The van der Waals surface area contributed by atoms with E-state index in [2.05, 4.69) is 10.1 Å². The van der Waals surface area contributed by atoms with E-state index in [0.717, 1.165) is 16.8 Å². The molecule has 188 valence electrons. The van der Waals surface area contributed by atoms with Crippen LogP contribution < -0.4 is 16.4 Å². The van der Waals surface area contributed by atoms with Gasteiger partial charge in [-0.15, -0.1) is 5.10 Å². The first kappa shape index (κ1) is 24.7. The molecule has 0 spiro atoms. The van der Waals surface area contributed by atoms with Crippen LogP contribution in [-0.2, 0) is 11.3 Å². The molecule has 0 bridgehead atoms. The average molecular weight is 536 g/mol. The number of hydrogen-bond acceptors (Lipinski definition) is 6. The molecule has 0 fully saturated rings. The fourth-order valence-electron chi connectivity index (χ4n) is 4.26. The van der Waals surface area contributed by atoms with E-state index in [1.165, 1.54) is 15.4 Å². The summed E-state index contributed by atoms with van der Waals surface area (Å²) < 4.78 is 2.52. The molecule has 0 saturated heterocycles. The van der Waals surface area contributed by atoms with Gasteiger partial charge in [0, 0.05) is 17.1 Å². The Hall–Kier alpha value is -3.95. The molecule has 11 heteroatoms. The molecule has 0 aliphatic carbocycles. The van der Waals surface area contributed by atoms with Crippen LogP contribution in [0.5, 0.6) is 0 Å². The highest BCUT2D eigenvalue weighted by Gasteiger charge is 2.34. The number of carbonyl (C=O) groups excluding carboxylic acids is 1. The molecule has 2 aromatic carbocycles. The van der Waals surface area contributed by atoms with Gasteiger partial charge >= 0.3 is 5.69 Å². The van der Waals surface area contributed by atoms with Crippen LogP contribution in [0.4, 0.5) is 5.95 Å². The van der Waals surface area contributed by atoms with Gasteiger partial charge in [0.05, 0.1) is 29.5 Å². The Morgan fingerprint density at radius 2 is 1.76 bits per heavy atom. The lowest BCUT2D eigenvalue weighted by molar-refractivity contribution is -0.120. The summed E-state index contributed by atoms with van der Waals surface area (Å²) in [5, 5.41) is 12.2. The number of carbonyl (C=O) groups is 1. The standard InChI is InChI=1S/C26H23Cl2N7O2/c1-16(24(29)36)35-25(32-34(26(35)37)14-21-12-11-20(28)13-30-21)33-15-22(17-5-3-2-4-6-17)23(31-33)18-7-9-19(27)10-8-18/h2-13,16,22H,14-15H2,1H3,(H2,29,36)/t16-,22?/m1/s1. The third kappa shape index (κ3) is 5.00. The topological polar surface area (TPSA) is 111 Å². The lowest BCUT2D eigenvalue weighted by atomic mass is 9.91. The third-order valence-corrected chi connectivity index (χ3v) is 6.71. The fraction of sp³-hybridized carbons (Fsp3) is 0.192. The van der Waals surface area contributed by atoms with E-state index in [1.54, 1.807) is 24.1 Å². The second kappa shape index (κ2) is 10.2. The summed E-state index contributed by atoms with van der Waals surface area (Å²) in [5.74, 6) is -0.554. The summed E-state index contributed by atoms with van der Waals surface area (Å²) in [4.78, 5) is 29.8. The normalized spacial score (nSPS) is 16.0. The zero-order valence-electron chi connectivity index (χ0n) is 19.8. The first-order valence-corrected chi connectivity index (χ1v) is 12.3. The molecular formula is C26H23Cl2N7O2. The van der Waals surface area contributed by atoms with Crippen molar-refractivity contribution in [2.24, 2.45) is 10.8 Å². The molecule has 2 aromatic heterocycles. The maximum absolute atomic E-state index is 13.4. The van der Waals surface area contributed by atoms with Gasteiger partial charge in [-0.25, -0.2) is 19.1 Å². The molecule has 4 aromatic rings. The van der Waals surface area contributed by atoms with E-state index in [0.29, 0.717) is 22.3 Å². The molecular weight excluding hydrogens is 513 g/mol. The predicted molar refractivity (Wildman–Crippen MR) is 143 cm³/mol. The Morgan fingerprint density at radius 1 is 1.05 bits per heavy atom. The van der Waals surface area contributed by atoms with Gasteiger partial charge in [0.1, 0.15) is 6.04 Å². The summed E-state index contributed by atoms with van der Waals surface area (Å²) in [6.45, 7) is 2.06. The van der Waals surface area contributed by atoms with Crippen LogP contribution in [0.3, 0.4) is 0 Å². The number of primary amides is 1. The van der Waals surface area contributed by atoms with Crippen molar-refractivity contribution in [3.63, 3.8) is 0 Å². The maximum Gasteiger partial charge on any atom is 0.348 e. The van der Waals surface area contributed by atoms with Crippen LogP contribution in [-0.4, -0.2) is 37.5 Å². The highest BCUT2D eigenvalue weighted by molar-refractivity contribution is 6.30. The van der Waals surface area contributed by atoms with E-state index in [1.807, 2.05) is 54.6 Å². The van der Waals surface area contributed by atoms with Crippen molar-refractivity contribution < 1.29 is 4.79 Å². The number of aromatic nitrogens is 4. The Morgan fingerprint density at radius 3 is 2.41 bits per heavy atom. The van der Waals surface area contributed by atoms with Crippen molar-refractivity contribution in [2.75, 3.05) is 11.6 Å². The number of nitrogens with zero attached hydrogens (tertiary/aromatic N) is 6. The summed E-state index contributed by atoms with van der Waals surface area (Å²) >= 11 is 12.1. The Kier molecular flexibility index (Phi) is 6.82. The van der Waals surface area contributed by atoms with E-state index in [9.17, 15) is 9.59 Å². The number of benzene rings is 2. The molecule has 2 N–H and O–H groups in total. The minimum absolute atomic E-state index is 0.0885. The Labute approximate surface area is 222 Å². The van der Waals surface area contributed by atoms with Crippen molar-refractivity contribution in [3.8, 4) is 0 Å². The van der Waals surface area contributed by atoms with Gasteiger partial charge in [-0.2, -0.15) is 5.10 Å². The predicted octanol–water partition coefficient (Wildman–Crippen LogP) is 3.85. The van der Waals surface area contributed by atoms with E-state index >= 15 is 0 Å². The molecule has 1 unspecified atom stereocenters. The van der Waals surface area contributed by atoms with Crippen LogP contribution in [0, 0.1) is 0 Å². The van der Waals surface area contributed by atoms with Crippen LogP contribution >= 0.6 is 23.2 Å². The van der Waals surface area contributed by atoms with E-state index in [-0.39, 0.29) is 18.4 Å². The number of rotatable bonds is 7. The number of anilines is 1. The van der Waals surface area contributed by atoms with Crippen molar-refractivity contribution >= 4 is 40.8 Å². The SMILES string of the molecule is C[C@H](C(N)=O)n1c(N2CC(c3ccccc3)C(c3ccc(Cl)cc3)=N2)nn(Cc2ccc(Cl)cn2)c1=O. The molecule has 5 rings (SSSR count). The minimum Gasteiger partial charge on any atom is -0.368 e. The van der Waals surface area contributed by atoms with E-state index in [4.69, 9.17) is 34.0 Å². The zero-order chi connectivity index (χ0) is 26.1. The van der Waals surface area contributed by atoms with Gasteiger partial charge in [0.15, 0.2) is 0 Å². The minimum atomic E-state index is -0.945. The molecule has 0 saturated carbocycles. The number of nitrogens with two attached hydrogens (primary N) is 1. The number of amides is 1. The Balaban J connectivity index is 1.60. The largest absolute Gasteiger partial charge is 0.368 e. The van der Waals surface area contributed by atoms with Gasteiger partial charge in [0.25, 0.3) is 0 Å². The van der Waals surface area contributed by atoms with Gasteiger partial charge in [-0.05, 0) is 42.3 Å². The molecule has 3 heterocycles. The van der Waals surface area contributed by atoms with Crippen LogP contribution in [0.15, 0.2) is 82.8 Å². The molecule has 0 radical (unpaired) electrons. The number of halogens is 2. The first-order chi connectivity index (χ1) is 17.8. The molecule has 1 amide bonds. The maximum atomic E-state index is 13.4. The van der Waals surface area contributed by atoms with Crippen molar-refractivity contribution in [1.29, 1.82) is 0 Å². The summed E-state index contributed by atoms with van der Waals surface area (Å²) in [6.07, 6.45) is 1.50. The number of hydrogen-bond donors (Lipinski definition) is 1. The summed E-state index contributed by atoms with van der Waals surface area (Å²) in [7, 11) is 0. The monoisotopic (exact) mass is 535 g/mol. The number of hydrazone groups is 1. The lowest BCUT2D eigenvalue weighted by Crippen LogP contribution is -2.35. The van der Waals surface area contributed by atoms with Crippen LogP contribution in [0.25, 0.3) is 0 Å². The molecule has 1 aliphatic heterocycles. The first-order valence-electron chi connectivity index (χ1n) is 11.6. The third-order valence-electron chi connectivity index (χ3n) is 6.24. The van der Waals surface area contributed by atoms with Gasteiger partial charge in [-0.1, -0.05) is 65.7 Å². The highest BCUT2D eigenvalue weighted by atomic mass is 35.5. The fourth-order valence-corrected chi connectivity index (χ4v) is 4.50. The Bertz CT molecular complexity index is 1510. The van der Waals surface area contributed by atoms with Crippen LogP contribution in [0.2, 0.25) is 10.0 Å². The van der Waals surface area contributed by atoms with E-state index < -0.39 is 17.6 Å². The molecule has 1 aliphatic rings. The quantitative estimate of drug-likeness (QED) is 0.386. The van der Waals surface area contributed by atoms with Gasteiger partial charge < -0.3 is 5.73 Å². The average Bonchev–Trinajstić information content (AvgIpc) is 3.48. The molecule has 37 heavy (non-hydrogen) atoms. The highest BCUT2D eigenvalue weighted by Crippen LogP contribution is 2.32. The smallest absolute Gasteiger partial charge is 0.348 e. The second-order valence-corrected chi connectivity index (χ2v) is 9.57. The van der Waals surface area contributed by atoms with Gasteiger partial charge in [0.2, 0.25) is 11.9 Å². The van der Waals surface area contributed by atoms with Gasteiger partial charge in [-0.3, -0.25) is 9.78 Å².